The molecule has 1 saturated heterocycles. The Labute approximate surface area is 137 Å². The van der Waals surface area contributed by atoms with Crippen molar-refractivity contribution in [1.82, 2.24) is 10.2 Å². The average molecular weight is 302 g/mol. The zero-order valence-electron chi connectivity index (χ0n) is 13.3. The van der Waals surface area contributed by atoms with Crippen LogP contribution in [0.1, 0.15) is 17.2 Å². The smallest absolute Gasteiger partial charge is 0.0476 e. The summed E-state index contributed by atoms with van der Waals surface area (Å²) in [5.74, 6) is 0. The Kier molecular flexibility index (Phi) is 4.10. The van der Waals surface area contributed by atoms with Crippen LogP contribution in [0.5, 0.6) is 0 Å². The highest BCUT2D eigenvalue weighted by Gasteiger charge is 2.23. The van der Waals surface area contributed by atoms with E-state index < -0.39 is 0 Å². The van der Waals surface area contributed by atoms with Crippen molar-refractivity contribution in [2.45, 2.75) is 12.6 Å². The number of fused-ring (bicyclic) bond motifs is 1. The van der Waals surface area contributed by atoms with Gasteiger partial charge in [0, 0.05) is 32.2 Å². The highest BCUT2D eigenvalue weighted by Crippen LogP contribution is 2.27. The minimum absolute atomic E-state index is 0.438. The third-order valence-electron chi connectivity index (χ3n) is 4.74. The number of piperazine rings is 1. The Hall–Kier alpha value is -2.16. The monoisotopic (exact) mass is 302 g/mol. The molecule has 0 aliphatic carbocycles. The Bertz CT molecular complexity index is 782. The van der Waals surface area contributed by atoms with Crippen molar-refractivity contribution in [3.8, 4) is 0 Å². The molecule has 2 heteroatoms. The molecule has 0 aromatic heterocycles. The van der Waals surface area contributed by atoms with E-state index in [1.54, 1.807) is 0 Å². The summed E-state index contributed by atoms with van der Waals surface area (Å²) in [7, 11) is 0. The molecule has 1 atom stereocenters. The van der Waals surface area contributed by atoms with E-state index in [-0.39, 0.29) is 0 Å². The molecule has 3 aromatic rings. The van der Waals surface area contributed by atoms with Gasteiger partial charge in [-0.05, 0) is 28.0 Å². The van der Waals surface area contributed by atoms with Crippen molar-refractivity contribution < 1.29 is 0 Å². The van der Waals surface area contributed by atoms with E-state index in [0.29, 0.717) is 6.04 Å². The molecule has 0 amide bonds. The van der Waals surface area contributed by atoms with E-state index in [1.165, 1.54) is 21.9 Å². The van der Waals surface area contributed by atoms with Gasteiger partial charge in [-0.25, -0.2) is 0 Å². The number of nitrogens with zero attached hydrogens (tertiary/aromatic N) is 1. The minimum Gasteiger partial charge on any atom is -0.314 e. The maximum Gasteiger partial charge on any atom is 0.0476 e. The molecule has 1 heterocycles. The first-order valence-corrected chi connectivity index (χ1v) is 8.37. The van der Waals surface area contributed by atoms with Crippen LogP contribution >= 0.6 is 0 Å². The van der Waals surface area contributed by atoms with Gasteiger partial charge in [-0.15, -0.1) is 0 Å². The molecular weight excluding hydrogens is 280 g/mol. The maximum absolute atomic E-state index is 3.56. The van der Waals surface area contributed by atoms with Crippen LogP contribution in [0.25, 0.3) is 10.8 Å². The van der Waals surface area contributed by atoms with Gasteiger partial charge >= 0.3 is 0 Å². The zero-order valence-corrected chi connectivity index (χ0v) is 13.3. The second-order valence-electron chi connectivity index (χ2n) is 6.28. The first kappa shape index (κ1) is 14.4. The largest absolute Gasteiger partial charge is 0.314 e. The van der Waals surface area contributed by atoms with Crippen LogP contribution in [0.3, 0.4) is 0 Å². The third kappa shape index (κ3) is 3.14. The van der Waals surface area contributed by atoms with Crippen molar-refractivity contribution in [1.29, 1.82) is 0 Å². The van der Waals surface area contributed by atoms with Gasteiger partial charge in [0.1, 0.15) is 0 Å². The van der Waals surface area contributed by atoms with Gasteiger partial charge < -0.3 is 5.32 Å². The summed E-state index contributed by atoms with van der Waals surface area (Å²) >= 11 is 0. The van der Waals surface area contributed by atoms with Gasteiger partial charge in [0.15, 0.2) is 0 Å². The van der Waals surface area contributed by atoms with Gasteiger partial charge in [0.25, 0.3) is 0 Å². The van der Waals surface area contributed by atoms with Gasteiger partial charge in [0.05, 0.1) is 0 Å². The molecule has 1 aliphatic rings. The fraction of sp³-hybridized carbons (Fsp3) is 0.238. The standard InChI is InChI=1S/C21H22N2/c1-2-6-17(7-3-1)16-23-13-12-22-15-21(23)20-11-10-18-8-4-5-9-19(18)14-20/h1-11,14,21-22H,12-13,15-16H2. The Morgan fingerprint density at radius 3 is 2.52 bits per heavy atom. The fourth-order valence-corrected chi connectivity index (χ4v) is 3.50. The highest BCUT2D eigenvalue weighted by molar-refractivity contribution is 5.83. The predicted molar refractivity (Wildman–Crippen MR) is 96.4 cm³/mol. The highest BCUT2D eigenvalue weighted by atomic mass is 15.2. The van der Waals surface area contributed by atoms with Crippen molar-refractivity contribution in [2.24, 2.45) is 0 Å². The summed E-state index contributed by atoms with van der Waals surface area (Å²) in [5.41, 5.74) is 2.80. The third-order valence-corrected chi connectivity index (χ3v) is 4.74. The molecule has 0 radical (unpaired) electrons. The van der Waals surface area contributed by atoms with Gasteiger partial charge in [-0.2, -0.15) is 0 Å². The number of hydrogen-bond acceptors (Lipinski definition) is 2. The molecule has 1 N–H and O–H groups in total. The van der Waals surface area contributed by atoms with Crippen molar-refractivity contribution in [2.75, 3.05) is 19.6 Å². The van der Waals surface area contributed by atoms with Crippen LogP contribution in [0.15, 0.2) is 72.8 Å². The first-order valence-electron chi connectivity index (χ1n) is 8.37. The van der Waals surface area contributed by atoms with Crippen LogP contribution in [-0.2, 0) is 6.54 Å². The summed E-state index contributed by atoms with van der Waals surface area (Å²) in [4.78, 5) is 2.59. The molecule has 1 aliphatic heterocycles. The summed E-state index contributed by atoms with van der Waals surface area (Å²) in [5, 5.41) is 6.20. The predicted octanol–water partition coefficient (Wildman–Crippen LogP) is 3.99. The molecule has 23 heavy (non-hydrogen) atoms. The SMILES string of the molecule is c1ccc(CN2CCNCC2c2ccc3ccccc3c2)cc1. The normalized spacial score (nSPS) is 19.0. The molecule has 1 unspecified atom stereocenters. The lowest BCUT2D eigenvalue weighted by molar-refractivity contribution is 0.154. The number of nitrogens with one attached hydrogen (secondary N) is 1. The zero-order chi connectivity index (χ0) is 15.5. The maximum atomic E-state index is 3.56. The van der Waals surface area contributed by atoms with Gasteiger partial charge in [0.2, 0.25) is 0 Å². The molecular formula is C21H22N2. The number of benzene rings is 3. The summed E-state index contributed by atoms with van der Waals surface area (Å²) in [6.07, 6.45) is 0. The second kappa shape index (κ2) is 6.53. The van der Waals surface area contributed by atoms with E-state index in [4.69, 9.17) is 0 Å². The van der Waals surface area contributed by atoms with E-state index in [0.717, 1.165) is 26.2 Å². The van der Waals surface area contributed by atoms with Crippen LogP contribution in [0.2, 0.25) is 0 Å². The lowest BCUT2D eigenvalue weighted by Crippen LogP contribution is -2.45. The Morgan fingerprint density at radius 2 is 1.65 bits per heavy atom. The van der Waals surface area contributed by atoms with E-state index in [9.17, 15) is 0 Å². The molecule has 3 aromatic carbocycles. The molecule has 116 valence electrons. The Morgan fingerprint density at radius 1 is 0.870 bits per heavy atom. The molecule has 1 fully saturated rings. The summed E-state index contributed by atoms with van der Waals surface area (Å²) < 4.78 is 0. The van der Waals surface area contributed by atoms with E-state index in [1.807, 2.05) is 0 Å². The van der Waals surface area contributed by atoms with E-state index >= 15 is 0 Å². The molecule has 0 spiro atoms. The van der Waals surface area contributed by atoms with Crippen molar-refractivity contribution in [3.05, 3.63) is 83.9 Å². The Balaban J connectivity index is 1.63. The quantitative estimate of drug-likeness (QED) is 0.787. The second-order valence-corrected chi connectivity index (χ2v) is 6.28. The summed E-state index contributed by atoms with van der Waals surface area (Å²) in [6, 6.07) is 26.7. The van der Waals surface area contributed by atoms with Crippen LogP contribution in [0.4, 0.5) is 0 Å². The lowest BCUT2D eigenvalue weighted by atomic mass is 9.99. The average Bonchev–Trinajstić information content (AvgIpc) is 2.63. The van der Waals surface area contributed by atoms with Crippen LogP contribution in [0, 0.1) is 0 Å². The summed E-state index contributed by atoms with van der Waals surface area (Å²) in [6.45, 7) is 4.19. The minimum atomic E-state index is 0.438. The van der Waals surface area contributed by atoms with Gasteiger partial charge in [-0.1, -0.05) is 66.7 Å². The number of hydrogen-bond donors (Lipinski definition) is 1. The van der Waals surface area contributed by atoms with Crippen LogP contribution < -0.4 is 5.32 Å². The molecule has 0 saturated carbocycles. The topological polar surface area (TPSA) is 15.3 Å². The first-order chi connectivity index (χ1) is 11.4. The fourth-order valence-electron chi connectivity index (χ4n) is 3.50. The number of rotatable bonds is 3. The van der Waals surface area contributed by atoms with Crippen LogP contribution in [-0.4, -0.2) is 24.5 Å². The van der Waals surface area contributed by atoms with E-state index in [2.05, 4.69) is 83.0 Å². The molecule has 2 nitrogen and oxygen atoms in total. The molecule has 0 bridgehead atoms. The van der Waals surface area contributed by atoms with Crippen molar-refractivity contribution >= 4 is 10.8 Å². The van der Waals surface area contributed by atoms with Crippen molar-refractivity contribution in [3.63, 3.8) is 0 Å². The van der Waals surface area contributed by atoms with Gasteiger partial charge in [-0.3, -0.25) is 4.90 Å². The molecule has 4 rings (SSSR count). The lowest BCUT2D eigenvalue weighted by Gasteiger charge is -2.36.